The number of methoxy groups -OCH3 is 1. The topological polar surface area (TPSA) is 68.1 Å². The Labute approximate surface area is 177 Å². The summed E-state index contributed by atoms with van der Waals surface area (Å²) in [5, 5.41) is 9.15. The Morgan fingerprint density at radius 2 is 1.72 bits per heavy atom. The van der Waals surface area contributed by atoms with Crippen molar-refractivity contribution >= 4 is 5.57 Å². The standard InChI is InChI=1S/C20H27N3O2.2C2H6/c1-7-16-19(21-14(5)18(22-16)13(4)10-11-24)15-8-9-17(12(2)3)23-20(15)25-6;2*1-2/h8-9,12,24H,4,7,10-11H2,1-3,5-6H3;2*1-2H3. The van der Waals surface area contributed by atoms with Crippen LogP contribution in [0.2, 0.25) is 0 Å². The molecule has 0 atom stereocenters. The van der Waals surface area contributed by atoms with Crippen molar-refractivity contribution in [1.29, 1.82) is 0 Å². The molecular formula is C24H39N3O2. The van der Waals surface area contributed by atoms with Gasteiger partial charge in [0, 0.05) is 12.3 Å². The van der Waals surface area contributed by atoms with Gasteiger partial charge in [-0.2, -0.15) is 0 Å². The Balaban J connectivity index is 0.00000184. The summed E-state index contributed by atoms with van der Waals surface area (Å²) >= 11 is 0. The van der Waals surface area contributed by atoms with Crippen LogP contribution in [0.5, 0.6) is 5.88 Å². The molecule has 0 aliphatic rings. The molecule has 2 aromatic rings. The van der Waals surface area contributed by atoms with Crippen molar-refractivity contribution in [1.82, 2.24) is 15.0 Å². The van der Waals surface area contributed by atoms with Crippen LogP contribution in [0.4, 0.5) is 0 Å². The number of aliphatic hydroxyl groups excluding tert-OH is 1. The number of aromatic nitrogens is 3. The van der Waals surface area contributed by atoms with E-state index in [4.69, 9.17) is 19.8 Å². The summed E-state index contributed by atoms with van der Waals surface area (Å²) < 4.78 is 5.52. The monoisotopic (exact) mass is 401 g/mol. The van der Waals surface area contributed by atoms with E-state index in [1.54, 1.807) is 7.11 Å². The van der Waals surface area contributed by atoms with Gasteiger partial charge in [0.2, 0.25) is 5.88 Å². The van der Waals surface area contributed by atoms with Gasteiger partial charge in [-0.1, -0.05) is 55.0 Å². The van der Waals surface area contributed by atoms with E-state index < -0.39 is 0 Å². The van der Waals surface area contributed by atoms with Gasteiger partial charge < -0.3 is 9.84 Å². The molecule has 0 aliphatic heterocycles. The van der Waals surface area contributed by atoms with Crippen LogP contribution in [-0.2, 0) is 6.42 Å². The molecule has 2 rings (SSSR count). The van der Waals surface area contributed by atoms with E-state index in [-0.39, 0.29) is 6.61 Å². The van der Waals surface area contributed by atoms with Crippen molar-refractivity contribution in [2.45, 2.75) is 74.1 Å². The zero-order chi connectivity index (χ0) is 22.6. The first kappa shape index (κ1) is 26.7. The van der Waals surface area contributed by atoms with Crippen molar-refractivity contribution < 1.29 is 9.84 Å². The average molecular weight is 402 g/mol. The third kappa shape index (κ3) is 6.93. The number of aryl methyl sites for hydroxylation is 2. The molecule has 2 heterocycles. The lowest BCUT2D eigenvalue weighted by Crippen LogP contribution is -2.07. The highest BCUT2D eigenvalue weighted by Gasteiger charge is 2.18. The highest BCUT2D eigenvalue weighted by Crippen LogP contribution is 2.32. The molecule has 0 spiro atoms. The fourth-order valence-electron chi connectivity index (χ4n) is 2.72. The van der Waals surface area contributed by atoms with Crippen LogP contribution in [0, 0.1) is 6.92 Å². The minimum atomic E-state index is 0.0531. The van der Waals surface area contributed by atoms with E-state index in [0.29, 0.717) is 18.2 Å². The number of hydrogen-bond acceptors (Lipinski definition) is 5. The maximum absolute atomic E-state index is 9.15. The van der Waals surface area contributed by atoms with Crippen LogP contribution in [0.15, 0.2) is 18.7 Å². The Bertz CT molecular complexity index is 771. The van der Waals surface area contributed by atoms with E-state index in [9.17, 15) is 0 Å². The second-order valence-electron chi connectivity index (χ2n) is 6.33. The molecule has 5 nitrogen and oxygen atoms in total. The molecule has 0 fully saturated rings. The van der Waals surface area contributed by atoms with Crippen LogP contribution < -0.4 is 4.74 Å². The molecule has 0 radical (unpaired) electrons. The lowest BCUT2D eigenvalue weighted by Gasteiger charge is -2.16. The van der Waals surface area contributed by atoms with Crippen molar-refractivity contribution in [3.8, 4) is 17.1 Å². The van der Waals surface area contributed by atoms with Gasteiger partial charge in [-0.15, -0.1) is 0 Å². The van der Waals surface area contributed by atoms with E-state index in [0.717, 1.165) is 46.0 Å². The van der Waals surface area contributed by atoms with Crippen LogP contribution >= 0.6 is 0 Å². The highest BCUT2D eigenvalue weighted by atomic mass is 16.5. The third-order valence-electron chi connectivity index (χ3n) is 4.15. The highest BCUT2D eigenvalue weighted by molar-refractivity contribution is 5.70. The maximum atomic E-state index is 9.15. The largest absolute Gasteiger partial charge is 0.480 e. The van der Waals surface area contributed by atoms with Gasteiger partial charge in [0.05, 0.1) is 35.4 Å². The summed E-state index contributed by atoms with van der Waals surface area (Å²) in [4.78, 5) is 14.2. The van der Waals surface area contributed by atoms with E-state index in [1.807, 2.05) is 53.7 Å². The minimum absolute atomic E-state index is 0.0531. The second-order valence-corrected chi connectivity index (χ2v) is 6.33. The molecule has 0 aliphatic carbocycles. The molecule has 2 aromatic heterocycles. The first-order valence-electron chi connectivity index (χ1n) is 10.6. The third-order valence-corrected chi connectivity index (χ3v) is 4.15. The lowest BCUT2D eigenvalue weighted by molar-refractivity contribution is 0.305. The summed E-state index contributed by atoms with van der Waals surface area (Å²) in [5.41, 5.74) is 5.85. The SMILES string of the molecule is C=C(CCO)c1nc(CC)c(-c2ccc(C(C)C)nc2OC)nc1C.CC.CC. The minimum Gasteiger partial charge on any atom is -0.480 e. The van der Waals surface area contributed by atoms with Gasteiger partial charge in [0.15, 0.2) is 0 Å². The van der Waals surface area contributed by atoms with Crippen LogP contribution in [0.3, 0.4) is 0 Å². The van der Waals surface area contributed by atoms with Crippen LogP contribution in [0.25, 0.3) is 16.8 Å². The van der Waals surface area contributed by atoms with Gasteiger partial charge in [-0.3, -0.25) is 0 Å². The Morgan fingerprint density at radius 3 is 2.21 bits per heavy atom. The molecular weight excluding hydrogens is 362 g/mol. The number of aliphatic hydroxyl groups is 1. The number of hydrogen-bond donors (Lipinski definition) is 1. The summed E-state index contributed by atoms with van der Waals surface area (Å²) in [5.74, 6) is 0.891. The summed E-state index contributed by atoms with van der Waals surface area (Å²) in [6, 6.07) is 4.02. The quantitative estimate of drug-likeness (QED) is 0.617. The van der Waals surface area contributed by atoms with Crippen LogP contribution in [0.1, 0.15) is 83.6 Å². The Hall–Kier alpha value is -2.27. The molecule has 1 N–H and O–H groups in total. The van der Waals surface area contributed by atoms with Gasteiger partial charge in [0.1, 0.15) is 0 Å². The first-order valence-corrected chi connectivity index (χ1v) is 10.6. The summed E-state index contributed by atoms with van der Waals surface area (Å²) in [6.45, 7) is 20.2. The molecule has 0 amide bonds. The van der Waals surface area contributed by atoms with E-state index in [1.165, 1.54) is 0 Å². The predicted octanol–water partition coefficient (Wildman–Crippen LogP) is 5.99. The van der Waals surface area contributed by atoms with E-state index >= 15 is 0 Å². The average Bonchev–Trinajstić information content (AvgIpc) is 2.75. The summed E-state index contributed by atoms with van der Waals surface area (Å²) in [7, 11) is 1.62. The van der Waals surface area contributed by atoms with E-state index in [2.05, 4.69) is 25.4 Å². The smallest absolute Gasteiger partial charge is 0.222 e. The number of ether oxygens (including phenoxy) is 1. The van der Waals surface area contributed by atoms with Crippen molar-refractivity contribution in [3.63, 3.8) is 0 Å². The molecule has 29 heavy (non-hydrogen) atoms. The zero-order valence-electron chi connectivity index (χ0n) is 19.8. The van der Waals surface area contributed by atoms with Crippen molar-refractivity contribution in [3.05, 3.63) is 41.5 Å². The lowest BCUT2D eigenvalue weighted by atomic mass is 10.0. The number of nitrogens with zero attached hydrogens (tertiary/aromatic N) is 3. The maximum Gasteiger partial charge on any atom is 0.222 e. The van der Waals surface area contributed by atoms with Crippen LogP contribution in [-0.4, -0.2) is 33.8 Å². The Morgan fingerprint density at radius 1 is 1.10 bits per heavy atom. The number of rotatable bonds is 7. The van der Waals surface area contributed by atoms with Gasteiger partial charge in [-0.05, 0) is 43.4 Å². The fourth-order valence-corrected chi connectivity index (χ4v) is 2.72. The predicted molar refractivity (Wildman–Crippen MR) is 123 cm³/mol. The van der Waals surface area contributed by atoms with Gasteiger partial charge in [0.25, 0.3) is 0 Å². The van der Waals surface area contributed by atoms with Gasteiger partial charge in [-0.25, -0.2) is 15.0 Å². The van der Waals surface area contributed by atoms with Gasteiger partial charge >= 0.3 is 0 Å². The normalized spacial score (nSPS) is 9.90. The second kappa shape index (κ2) is 13.8. The molecule has 0 saturated carbocycles. The van der Waals surface area contributed by atoms with Crippen molar-refractivity contribution in [2.75, 3.05) is 13.7 Å². The summed E-state index contributed by atoms with van der Waals surface area (Å²) in [6.07, 6.45) is 1.23. The molecule has 5 heteroatoms. The zero-order valence-corrected chi connectivity index (χ0v) is 19.8. The van der Waals surface area contributed by atoms with Crippen molar-refractivity contribution in [2.24, 2.45) is 0 Å². The molecule has 0 bridgehead atoms. The Kier molecular flexibility index (Phi) is 12.7. The molecule has 162 valence electrons. The number of pyridine rings is 1. The fraction of sp³-hybridized carbons (Fsp3) is 0.542. The molecule has 0 unspecified atom stereocenters. The molecule has 0 saturated heterocycles. The molecule has 0 aromatic carbocycles. The first-order chi connectivity index (χ1) is 13.9.